The van der Waals surface area contributed by atoms with E-state index in [0.29, 0.717) is 5.90 Å². The molecule has 0 saturated heterocycles. The smallest absolute Gasteiger partial charge is 0.278 e. The lowest BCUT2D eigenvalue weighted by molar-refractivity contribution is -0.124. The minimum atomic E-state index is -0.249. The number of nitrogens with zero attached hydrogens (tertiary/aromatic N) is 3. The van der Waals surface area contributed by atoms with Gasteiger partial charge in [-0.05, 0) is 25.5 Å². The van der Waals surface area contributed by atoms with Crippen molar-refractivity contribution in [3.63, 3.8) is 0 Å². The first-order valence-corrected chi connectivity index (χ1v) is 5.60. The van der Waals surface area contributed by atoms with Crippen molar-refractivity contribution in [3.05, 3.63) is 35.3 Å². The summed E-state index contributed by atoms with van der Waals surface area (Å²) in [6, 6.07) is 3.94. The van der Waals surface area contributed by atoms with Gasteiger partial charge in [-0.25, -0.2) is 10.4 Å². The molecule has 0 bridgehead atoms. The molecule has 6 nitrogen and oxygen atoms in total. The zero-order valence-electron chi connectivity index (χ0n) is 10.1. The molecule has 6 heteroatoms. The van der Waals surface area contributed by atoms with Gasteiger partial charge in [-0.2, -0.15) is 0 Å². The van der Waals surface area contributed by atoms with E-state index in [0.717, 1.165) is 22.6 Å². The Labute approximate surface area is 103 Å². The Balaban J connectivity index is 2.19. The van der Waals surface area contributed by atoms with Gasteiger partial charge in [0.15, 0.2) is 6.61 Å². The summed E-state index contributed by atoms with van der Waals surface area (Å²) in [6.07, 6.45) is 1.97. The number of nitrogens with one attached hydrogen (secondary N) is 1. The molecule has 18 heavy (non-hydrogen) atoms. The van der Waals surface area contributed by atoms with Gasteiger partial charge in [0.25, 0.3) is 11.8 Å². The van der Waals surface area contributed by atoms with Crippen molar-refractivity contribution in [1.29, 1.82) is 0 Å². The third-order valence-corrected chi connectivity index (χ3v) is 2.77. The van der Waals surface area contributed by atoms with Crippen LogP contribution in [0.3, 0.4) is 0 Å². The van der Waals surface area contributed by atoms with E-state index >= 15 is 0 Å². The van der Waals surface area contributed by atoms with Crippen LogP contribution in [0.5, 0.6) is 0 Å². The summed E-state index contributed by atoms with van der Waals surface area (Å²) >= 11 is 0. The Kier molecular flexibility index (Phi) is 2.29. The molecule has 1 N–H and O–H groups in total. The molecule has 92 valence electrons. The highest BCUT2D eigenvalue weighted by Gasteiger charge is 2.20. The number of hydrogen-bond acceptors (Lipinski definition) is 4. The number of imidazole rings is 1. The molecule has 3 heterocycles. The fraction of sp³-hybridized carbons (Fsp3) is 0.250. The second-order valence-electron chi connectivity index (χ2n) is 4.22. The molecule has 1 aliphatic rings. The summed E-state index contributed by atoms with van der Waals surface area (Å²) in [5.41, 5.74) is 5.94. The van der Waals surface area contributed by atoms with Crippen molar-refractivity contribution in [2.24, 2.45) is 5.10 Å². The van der Waals surface area contributed by atoms with Crippen LogP contribution in [-0.2, 0) is 9.53 Å². The first-order chi connectivity index (χ1) is 8.65. The second-order valence-corrected chi connectivity index (χ2v) is 4.22. The quantitative estimate of drug-likeness (QED) is 0.805. The van der Waals surface area contributed by atoms with Crippen LogP contribution in [0.15, 0.2) is 23.4 Å². The number of hydrazone groups is 1. The lowest BCUT2D eigenvalue weighted by Gasteiger charge is -2.13. The number of aromatic nitrogens is 2. The minimum absolute atomic E-state index is 0.0165. The molecule has 3 rings (SSSR count). The number of carbonyl (C=O) groups excluding carboxylic acids is 1. The Morgan fingerprint density at radius 2 is 2.22 bits per heavy atom. The van der Waals surface area contributed by atoms with Crippen molar-refractivity contribution in [3.8, 4) is 0 Å². The van der Waals surface area contributed by atoms with Crippen molar-refractivity contribution in [1.82, 2.24) is 14.8 Å². The largest absolute Gasteiger partial charge is 0.465 e. The van der Waals surface area contributed by atoms with Crippen molar-refractivity contribution in [2.45, 2.75) is 13.8 Å². The van der Waals surface area contributed by atoms with Gasteiger partial charge < -0.3 is 4.74 Å². The molecule has 0 aliphatic carbocycles. The topological polar surface area (TPSA) is 68.0 Å². The standard InChI is InChI=1S/C12H12N4O2/c1-7-3-4-9-13-8(2)11(16(9)5-7)12-15-14-10(17)6-18-12/h3-5H,6H2,1-2H3,(H,14,17). The Bertz CT molecular complexity index is 672. The zero-order valence-corrected chi connectivity index (χ0v) is 10.1. The third kappa shape index (κ3) is 1.62. The van der Waals surface area contributed by atoms with Crippen molar-refractivity contribution < 1.29 is 9.53 Å². The van der Waals surface area contributed by atoms with Gasteiger partial charge in [0.1, 0.15) is 11.3 Å². The van der Waals surface area contributed by atoms with Gasteiger partial charge in [0.2, 0.25) is 0 Å². The maximum absolute atomic E-state index is 11.0. The number of pyridine rings is 1. The van der Waals surface area contributed by atoms with E-state index in [1.807, 2.05) is 36.6 Å². The molecular weight excluding hydrogens is 232 g/mol. The lowest BCUT2D eigenvalue weighted by atomic mass is 10.3. The summed E-state index contributed by atoms with van der Waals surface area (Å²) in [6.45, 7) is 3.88. The number of fused-ring (bicyclic) bond motifs is 1. The molecule has 2 aromatic heterocycles. The van der Waals surface area contributed by atoms with Crippen molar-refractivity contribution in [2.75, 3.05) is 6.61 Å². The van der Waals surface area contributed by atoms with Crippen molar-refractivity contribution >= 4 is 17.5 Å². The molecular formula is C12H12N4O2. The van der Waals surface area contributed by atoms with E-state index in [1.165, 1.54) is 0 Å². The highest BCUT2D eigenvalue weighted by atomic mass is 16.5. The summed E-state index contributed by atoms with van der Waals surface area (Å²) in [5, 5.41) is 3.93. The first-order valence-electron chi connectivity index (χ1n) is 5.60. The monoisotopic (exact) mass is 244 g/mol. The number of rotatable bonds is 1. The highest BCUT2D eigenvalue weighted by molar-refractivity contribution is 5.98. The van der Waals surface area contributed by atoms with E-state index < -0.39 is 0 Å². The SMILES string of the molecule is Cc1ccc2nc(C)c(C3=NNC(=O)CO3)n2c1. The van der Waals surface area contributed by atoms with E-state index in [2.05, 4.69) is 15.5 Å². The van der Waals surface area contributed by atoms with Crippen LogP contribution in [0.1, 0.15) is 17.0 Å². The average molecular weight is 244 g/mol. The second kappa shape index (κ2) is 3.83. The Morgan fingerprint density at radius 1 is 1.39 bits per heavy atom. The maximum atomic E-state index is 11.0. The summed E-state index contributed by atoms with van der Waals surface area (Å²) in [7, 11) is 0. The van der Waals surface area contributed by atoms with Crippen LogP contribution < -0.4 is 5.43 Å². The molecule has 0 radical (unpaired) electrons. The molecule has 1 amide bonds. The highest BCUT2D eigenvalue weighted by Crippen LogP contribution is 2.15. The molecule has 0 atom stereocenters. The van der Waals surface area contributed by atoms with Crippen LogP contribution in [0, 0.1) is 13.8 Å². The number of hydrogen-bond donors (Lipinski definition) is 1. The molecule has 2 aromatic rings. The first kappa shape index (κ1) is 10.8. The Hall–Kier alpha value is -2.37. The molecule has 1 aliphatic heterocycles. The number of aryl methyl sites for hydroxylation is 2. The number of ether oxygens (including phenoxy) is 1. The summed E-state index contributed by atoms with van der Waals surface area (Å²) in [5.74, 6) is 0.145. The van der Waals surface area contributed by atoms with E-state index in [1.54, 1.807) is 0 Å². The van der Waals surface area contributed by atoms with Gasteiger partial charge >= 0.3 is 0 Å². The number of amides is 1. The van der Waals surface area contributed by atoms with E-state index in [4.69, 9.17) is 4.74 Å². The van der Waals surface area contributed by atoms with Gasteiger partial charge in [-0.1, -0.05) is 6.07 Å². The zero-order chi connectivity index (χ0) is 12.7. The maximum Gasteiger partial charge on any atom is 0.278 e. The fourth-order valence-corrected chi connectivity index (χ4v) is 1.96. The van der Waals surface area contributed by atoms with Gasteiger partial charge in [0, 0.05) is 6.20 Å². The lowest BCUT2D eigenvalue weighted by Crippen LogP contribution is -2.32. The van der Waals surface area contributed by atoms with Gasteiger partial charge in [0.05, 0.1) is 5.69 Å². The van der Waals surface area contributed by atoms with Crippen LogP contribution in [0.2, 0.25) is 0 Å². The molecule has 0 spiro atoms. The predicted molar refractivity (Wildman–Crippen MR) is 65.3 cm³/mol. The molecule has 0 saturated carbocycles. The van der Waals surface area contributed by atoms with Crippen LogP contribution >= 0.6 is 0 Å². The molecule has 0 fully saturated rings. The summed E-state index contributed by atoms with van der Waals surface area (Å²) in [4.78, 5) is 15.5. The fourth-order valence-electron chi connectivity index (χ4n) is 1.96. The van der Waals surface area contributed by atoms with E-state index in [-0.39, 0.29) is 12.5 Å². The normalized spacial score (nSPS) is 15.2. The molecule has 0 unspecified atom stereocenters. The minimum Gasteiger partial charge on any atom is -0.465 e. The number of carbonyl (C=O) groups is 1. The Morgan fingerprint density at radius 3 is 2.94 bits per heavy atom. The van der Waals surface area contributed by atoms with Crippen LogP contribution in [0.4, 0.5) is 0 Å². The average Bonchev–Trinajstić information content (AvgIpc) is 2.66. The van der Waals surface area contributed by atoms with Crippen LogP contribution in [-0.4, -0.2) is 27.8 Å². The van der Waals surface area contributed by atoms with E-state index in [9.17, 15) is 4.79 Å². The predicted octanol–water partition coefficient (Wildman–Crippen LogP) is 0.759. The van der Waals surface area contributed by atoms with Gasteiger partial charge in [-0.15, -0.1) is 5.10 Å². The van der Waals surface area contributed by atoms with Gasteiger partial charge in [-0.3, -0.25) is 9.20 Å². The van der Waals surface area contributed by atoms with Crippen LogP contribution in [0.25, 0.3) is 5.65 Å². The third-order valence-electron chi connectivity index (χ3n) is 2.77. The summed E-state index contributed by atoms with van der Waals surface area (Å²) < 4.78 is 7.26. The molecule has 0 aromatic carbocycles.